The van der Waals surface area contributed by atoms with Crippen molar-refractivity contribution in [3.8, 4) is 0 Å². The van der Waals surface area contributed by atoms with Crippen LogP contribution in [0, 0.1) is 0 Å². The van der Waals surface area contributed by atoms with Crippen LogP contribution in [-0.2, 0) is 4.79 Å². The number of rotatable bonds is 6. The molecule has 3 N–H and O–H groups in total. The zero-order valence-corrected chi connectivity index (χ0v) is 12.4. The Labute approximate surface area is 121 Å². The van der Waals surface area contributed by atoms with Gasteiger partial charge in [0.05, 0.1) is 12.1 Å². The number of imide groups is 1. The lowest BCUT2D eigenvalue weighted by Crippen LogP contribution is -2.39. The van der Waals surface area contributed by atoms with Crippen molar-refractivity contribution in [2.75, 3.05) is 26.7 Å². The number of halogens is 1. The van der Waals surface area contributed by atoms with Crippen LogP contribution in [0.2, 0.25) is 0 Å². The van der Waals surface area contributed by atoms with Gasteiger partial charge in [0.25, 0.3) is 5.91 Å². The Balaban J connectivity index is 2.49. The standard InChI is InChI=1S/C13H18BrN3O2/c1-17(8-4-7-15)9-12(18)16-13(19)10-5-2-3-6-11(10)14/h2-3,5-6H,4,7-9,15H2,1H3,(H,16,18,19). The molecule has 0 saturated carbocycles. The maximum atomic E-state index is 11.9. The summed E-state index contributed by atoms with van der Waals surface area (Å²) in [5.74, 6) is -0.718. The van der Waals surface area contributed by atoms with Gasteiger partial charge >= 0.3 is 0 Å². The van der Waals surface area contributed by atoms with E-state index in [2.05, 4.69) is 21.2 Å². The van der Waals surface area contributed by atoms with E-state index in [1.54, 1.807) is 18.2 Å². The molecule has 0 heterocycles. The minimum Gasteiger partial charge on any atom is -0.330 e. The monoisotopic (exact) mass is 327 g/mol. The lowest BCUT2D eigenvalue weighted by atomic mass is 10.2. The highest BCUT2D eigenvalue weighted by Crippen LogP contribution is 2.15. The maximum absolute atomic E-state index is 11.9. The quantitative estimate of drug-likeness (QED) is 0.816. The summed E-state index contributed by atoms with van der Waals surface area (Å²) >= 11 is 3.28. The number of hydrogen-bond donors (Lipinski definition) is 2. The van der Waals surface area contributed by atoms with Crippen LogP contribution < -0.4 is 11.1 Å². The molecule has 0 atom stereocenters. The fourth-order valence-corrected chi connectivity index (χ4v) is 2.03. The third-order valence-corrected chi connectivity index (χ3v) is 3.22. The minimum absolute atomic E-state index is 0.177. The van der Waals surface area contributed by atoms with Crippen molar-refractivity contribution in [3.05, 3.63) is 34.3 Å². The SMILES string of the molecule is CN(CCCN)CC(=O)NC(=O)c1ccccc1Br. The molecule has 104 valence electrons. The summed E-state index contributed by atoms with van der Waals surface area (Å²) in [4.78, 5) is 25.4. The zero-order chi connectivity index (χ0) is 14.3. The Morgan fingerprint density at radius 2 is 2.05 bits per heavy atom. The van der Waals surface area contributed by atoms with Gasteiger partial charge in [-0.2, -0.15) is 0 Å². The molecule has 0 fully saturated rings. The molecule has 1 aromatic rings. The number of nitrogens with zero attached hydrogens (tertiary/aromatic N) is 1. The van der Waals surface area contributed by atoms with Gasteiger partial charge in [0.1, 0.15) is 0 Å². The molecule has 0 aliphatic heterocycles. The molecule has 2 amide bonds. The Hall–Kier alpha value is -1.24. The van der Waals surface area contributed by atoms with Crippen molar-refractivity contribution in [1.82, 2.24) is 10.2 Å². The molecule has 6 heteroatoms. The van der Waals surface area contributed by atoms with Crippen molar-refractivity contribution >= 4 is 27.7 Å². The van der Waals surface area contributed by atoms with Gasteiger partial charge < -0.3 is 5.73 Å². The summed E-state index contributed by atoms with van der Waals surface area (Å²) in [6.45, 7) is 1.49. The van der Waals surface area contributed by atoms with E-state index in [0.717, 1.165) is 13.0 Å². The van der Waals surface area contributed by atoms with E-state index in [0.29, 0.717) is 16.6 Å². The summed E-state index contributed by atoms with van der Waals surface area (Å²) in [5.41, 5.74) is 5.84. The molecule has 1 rings (SSSR count). The molecule has 0 radical (unpaired) electrons. The van der Waals surface area contributed by atoms with Crippen LogP contribution in [0.4, 0.5) is 0 Å². The van der Waals surface area contributed by atoms with Crippen LogP contribution in [0.3, 0.4) is 0 Å². The van der Waals surface area contributed by atoms with Crippen molar-refractivity contribution in [2.45, 2.75) is 6.42 Å². The van der Waals surface area contributed by atoms with E-state index in [9.17, 15) is 9.59 Å². The molecule has 1 aromatic carbocycles. The molecule has 0 saturated heterocycles. The van der Waals surface area contributed by atoms with Crippen LogP contribution in [0.1, 0.15) is 16.8 Å². The van der Waals surface area contributed by atoms with Gasteiger partial charge in [-0.3, -0.25) is 19.8 Å². The molecule has 19 heavy (non-hydrogen) atoms. The highest BCUT2D eigenvalue weighted by atomic mass is 79.9. The number of amides is 2. The van der Waals surface area contributed by atoms with Crippen molar-refractivity contribution in [2.24, 2.45) is 5.73 Å². The predicted molar refractivity (Wildman–Crippen MR) is 77.8 cm³/mol. The van der Waals surface area contributed by atoms with Crippen molar-refractivity contribution in [3.63, 3.8) is 0 Å². The minimum atomic E-state index is -0.398. The number of nitrogens with one attached hydrogen (secondary N) is 1. The lowest BCUT2D eigenvalue weighted by Gasteiger charge is -2.15. The second kappa shape index (κ2) is 8.04. The second-order valence-electron chi connectivity index (χ2n) is 4.24. The van der Waals surface area contributed by atoms with E-state index in [-0.39, 0.29) is 12.5 Å². The zero-order valence-electron chi connectivity index (χ0n) is 10.9. The van der Waals surface area contributed by atoms with E-state index in [1.165, 1.54) is 0 Å². The largest absolute Gasteiger partial charge is 0.330 e. The van der Waals surface area contributed by atoms with Crippen LogP contribution in [-0.4, -0.2) is 43.4 Å². The smallest absolute Gasteiger partial charge is 0.259 e. The molecule has 0 spiro atoms. The number of likely N-dealkylation sites (N-methyl/N-ethyl adjacent to an activating group) is 1. The molecule has 0 aromatic heterocycles. The van der Waals surface area contributed by atoms with Gasteiger partial charge in [-0.1, -0.05) is 12.1 Å². The van der Waals surface area contributed by atoms with E-state index >= 15 is 0 Å². The van der Waals surface area contributed by atoms with Crippen LogP contribution in [0.25, 0.3) is 0 Å². The van der Waals surface area contributed by atoms with Gasteiger partial charge in [-0.15, -0.1) is 0 Å². The third-order valence-electron chi connectivity index (χ3n) is 2.53. The number of nitrogens with two attached hydrogens (primary N) is 1. The molecule has 0 aliphatic carbocycles. The predicted octanol–water partition coefficient (Wildman–Crippen LogP) is 0.986. The first-order valence-electron chi connectivity index (χ1n) is 6.02. The second-order valence-corrected chi connectivity index (χ2v) is 5.09. The first kappa shape index (κ1) is 15.8. The Bertz CT molecular complexity index is 451. The highest BCUT2D eigenvalue weighted by Gasteiger charge is 2.13. The normalized spacial score (nSPS) is 10.5. The average molecular weight is 328 g/mol. The first-order chi connectivity index (χ1) is 9.04. The molecule has 0 unspecified atom stereocenters. The van der Waals surface area contributed by atoms with Crippen LogP contribution in [0.5, 0.6) is 0 Å². The summed E-state index contributed by atoms with van der Waals surface area (Å²) in [6, 6.07) is 6.97. The molecular weight excluding hydrogens is 310 g/mol. The fraction of sp³-hybridized carbons (Fsp3) is 0.385. The van der Waals surface area contributed by atoms with Gasteiger partial charge in [0.2, 0.25) is 5.91 Å². The maximum Gasteiger partial charge on any atom is 0.259 e. The average Bonchev–Trinajstić information content (AvgIpc) is 2.36. The number of hydrogen-bond acceptors (Lipinski definition) is 4. The molecule has 0 bridgehead atoms. The number of carbonyl (C=O) groups excluding carboxylic acids is 2. The van der Waals surface area contributed by atoms with Gasteiger partial charge in [-0.25, -0.2) is 0 Å². The molecular formula is C13H18BrN3O2. The van der Waals surface area contributed by atoms with Gasteiger partial charge in [-0.05, 0) is 54.6 Å². The van der Waals surface area contributed by atoms with Gasteiger partial charge in [0, 0.05) is 4.47 Å². The summed E-state index contributed by atoms with van der Waals surface area (Å²) in [7, 11) is 1.82. The number of carbonyl (C=O) groups is 2. The topological polar surface area (TPSA) is 75.4 Å². The van der Waals surface area contributed by atoms with E-state index in [4.69, 9.17) is 5.73 Å². The van der Waals surface area contributed by atoms with E-state index in [1.807, 2.05) is 18.0 Å². The van der Waals surface area contributed by atoms with E-state index < -0.39 is 5.91 Å². The summed E-state index contributed by atoms with van der Waals surface area (Å²) in [6.07, 6.45) is 0.821. The number of benzene rings is 1. The molecule has 5 nitrogen and oxygen atoms in total. The fourth-order valence-electron chi connectivity index (χ4n) is 1.56. The Kier molecular flexibility index (Phi) is 6.69. The van der Waals surface area contributed by atoms with Crippen LogP contribution >= 0.6 is 15.9 Å². The van der Waals surface area contributed by atoms with Crippen molar-refractivity contribution in [1.29, 1.82) is 0 Å². The first-order valence-corrected chi connectivity index (χ1v) is 6.81. The van der Waals surface area contributed by atoms with Crippen LogP contribution in [0.15, 0.2) is 28.7 Å². The lowest BCUT2D eigenvalue weighted by molar-refractivity contribution is -0.121. The van der Waals surface area contributed by atoms with Crippen molar-refractivity contribution < 1.29 is 9.59 Å². The molecule has 0 aliphatic rings. The third kappa shape index (κ3) is 5.50. The van der Waals surface area contributed by atoms with Gasteiger partial charge in [0.15, 0.2) is 0 Å². The Morgan fingerprint density at radius 3 is 2.68 bits per heavy atom. The summed E-state index contributed by atoms with van der Waals surface area (Å²) in [5, 5.41) is 2.36. The summed E-state index contributed by atoms with van der Waals surface area (Å²) < 4.78 is 0.664. The Morgan fingerprint density at radius 1 is 1.37 bits per heavy atom. The highest BCUT2D eigenvalue weighted by molar-refractivity contribution is 9.10.